The van der Waals surface area contributed by atoms with Gasteiger partial charge in [0.05, 0.1) is 19.8 Å². The molecule has 9 heteroatoms. The fraction of sp³-hybridized carbons (Fsp3) is 0.400. The van der Waals surface area contributed by atoms with E-state index in [9.17, 15) is 5.11 Å². The van der Waals surface area contributed by atoms with Crippen molar-refractivity contribution >= 4 is 0 Å². The van der Waals surface area contributed by atoms with E-state index in [1.807, 2.05) is 30.3 Å². The second-order valence-corrected chi connectivity index (χ2v) is 6.70. The molecule has 0 radical (unpaired) electrons. The lowest BCUT2D eigenvalue weighted by Gasteiger charge is -2.46. The van der Waals surface area contributed by atoms with Gasteiger partial charge in [-0.25, -0.2) is 0 Å². The van der Waals surface area contributed by atoms with Crippen LogP contribution in [0.2, 0.25) is 0 Å². The summed E-state index contributed by atoms with van der Waals surface area (Å²) in [6, 6.07) is 15.3. The van der Waals surface area contributed by atoms with E-state index in [0.717, 1.165) is 5.56 Å². The number of rotatable bonds is 5. The summed E-state index contributed by atoms with van der Waals surface area (Å²) in [5, 5.41) is 14.6. The molecule has 1 N–H and O–H groups in total. The molecule has 29 heavy (non-hydrogen) atoms. The van der Waals surface area contributed by atoms with Crippen LogP contribution in [-0.2, 0) is 14.2 Å². The Hall–Kier alpha value is -2.81. The van der Waals surface area contributed by atoms with Crippen molar-refractivity contribution in [3.05, 3.63) is 70.6 Å². The van der Waals surface area contributed by atoms with Crippen LogP contribution < -0.4 is 9.47 Å². The van der Waals surface area contributed by atoms with Crippen molar-refractivity contribution in [1.82, 2.24) is 0 Å². The van der Waals surface area contributed by atoms with Crippen molar-refractivity contribution in [3.8, 4) is 11.5 Å². The van der Waals surface area contributed by atoms with Crippen LogP contribution in [0.3, 0.4) is 0 Å². The van der Waals surface area contributed by atoms with E-state index < -0.39 is 36.9 Å². The number of hydrogen-bond donors (Lipinski definition) is 1. The maximum Gasteiger partial charge on any atom is 0.211 e. The van der Waals surface area contributed by atoms with E-state index >= 15 is 0 Å². The minimum Gasteiger partial charge on any atom is -0.497 e. The van der Waals surface area contributed by atoms with Gasteiger partial charge in [0.2, 0.25) is 6.29 Å². The first-order valence-corrected chi connectivity index (χ1v) is 9.20. The molecule has 6 atom stereocenters. The maximum atomic E-state index is 10.9. The minimum atomic E-state index is -1.12. The quantitative estimate of drug-likeness (QED) is 0.470. The van der Waals surface area contributed by atoms with Gasteiger partial charge in [-0.2, -0.15) is 0 Å². The molecule has 0 unspecified atom stereocenters. The van der Waals surface area contributed by atoms with Gasteiger partial charge in [0, 0.05) is 10.5 Å². The summed E-state index contributed by atoms with van der Waals surface area (Å²) in [5.74, 6) is 1.16. The highest BCUT2D eigenvalue weighted by atomic mass is 16.7. The van der Waals surface area contributed by atoms with Crippen LogP contribution in [0.15, 0.2) is 59.7 Å². The van der Waals surface area contributed by atoms with Crippen LogP contribution in [-0.4, -0.2) is 49.5 Å². The first-order valence-electron chi connectivity index (χ1n) is 9.20. The molecule has 2 aliphatic rings. The van der Waals surface area contributed by atoms with Gasteiger partial charge in [-0.05, 0) is 29.8 Å². The van der Waals surface area contributed by atoms with E-state index in [-0.39, 0.29) is 6.61 Å². The lowest BCUT2D eigenvalue weighted by atomic mass is 9.96. The second kappa shape index (κ2) is 8.69. The van der Waals surface area contributed by atoms with Crippen LogP contribution in [0.1, 0.15) is 11.9 Å². The average Bonchev–Trinajstić information content (AvgIpc) is 2.77. The normalized spacial score (nSPS) is 31.2. The molecule has 0 amide bonds. The number of ether oxygens (including phenoxy) is 5. The summed E-state index contributed by atoms with van der Waals surface area (Å²) in [5.41, 5.74) is 9.80. The molecule has 2 aliphatic heterocycles. The number of methoxy groups -OCH3 is 1. The van der Waals surface area contributed by atoms with Crippen LogP contribution in [0.4, 0.5) is 0 Å². The third-order valence-corrected chi connectivity index (χ3v) is 4.90. The smallest absolute Gasteiger partial charge is 0.211 e. The number of azide groups is 1. The number of benzene rings is 2. The van der Waals surface area contributed by atoms with Gasteiger partial charge in [0.25, 0.3) is 0 Å². The largest absolute Gasteiger partial charge is 0.497 e. The Balaban J connectivity index is 1.51. The predicted octanol–water partition coefficient (Wildman–Crippen LogP) is 2.95. The molecule has 2 saturated heterocycles. The Morgan fingerprint density at radius 1 is 1.07 bits per heavy atom. The SMILES string of the molecule is COc1ccc(O[C@@H]2O[C@@H]3CO[C@H](c4ccccc4)O[C@@H]3[C@H](O)[C@H]2N=[N+]=[N-])cc1. The molecule has 0 spiro atoms. The standard InChI is InChI=1S/C20H21N3O6/c1-25-13-7-9-14(10-8-13)27-20-16(22-23-21)17(24)18-15(28-20)11-26-19(29-18)12-5-3-2-4-6-12/h2-10,15-20,24H,11H2,1H3/t15-,16-,17-,18+,19+,20-/m1/s1. The van der Waals surface area contributed by atoms with Gasteiger partial charge in [-0.3, -0.25) is 0 Å². The van der Waals surface area contributed by atoms with Crippen molar-refractivity contribution in [2.75, 3.05) is 13.7 Å². The summed E-state index contributed by atoms with van der Waals surface area (Å²) in [7, 11) is 1.57. The monoisotopic (exact) mass is 399 g/mol. The Morgan fingerprint density at radius 2 is 1.79 bits per heavy atom. The Bertz CT molecular complexity index is 858. The molecule has 0 saturated carbocycles. The van der Waals surface area contributed by atoms with Crippen LogP contribution in [0, 0.1) is 0 Å². The second-order valence-electron chi connectivity index (χ2n) is 6.70. The number of aliphatic hydroxyl groups excluding tert-OH is 1. The first kappa shape index (κ1) is 19.5. The van der Waals surface area contributed by atoms with Crippen LogP contribution in [0.25, 0.3) is 10.4 Å². The Morgan fingerprint density at radius 3 is 2.48 bits per heavy atom. The molecule has 2 fully saturated rings. The summed E-state index contributed by atoms with van der Waals surface area (Å²) in [6.45, 7) is 0.201. The van der Waals surface area contributed by atoms with E-state index in [1.54, 1.807) is 31.4 Å². The summed E-state index contributed by atoms with van der Waals surface area (Å²) >= 11 is 0. The van der Waals surface area contributed by atoms with Gasteiger partial charge in [-0.1, -0.05) is 35.4 Å². The van der Waals surface area contributed by atoms with Gasteiger partial charge < -0.3 is 28.8 Å². The fourth-order valence-corrected chi connectivity index (χ4v) is 3.43. The zero-order valence-corrected chi connectivity index (χ0v) is 15.7. The highest BCUT2D eigenvalue weighted by Gasteiger charge is 2.50. The first-order chi connectivity index (χ1) is 14.2. The molecule has 0 aliphatic carbocycles. The zero-order chi connectivity index (χ0) is 20.2. The molecule has 2 aromatic rings. The van der Waals surface area contributed by atoms with Crippen molar-refractivity contribution in [1.29, 1.82) is 0 Å². The van der Waals surface area contributed by atoms with Crippen molar-refractivity contribution < 1.29 is 28.8 Å². The average molecular weight is 399 g/mol. The van der Waals surface area contributed by atoms with Crippen LogP contribution in [0.5, 0.6) is 11.5 Å². The molecule has 0 bridgehead atoms. The van der Waals surface area contributed by atoms with Crippen molar-refractivity contribution in [2.24, 2.45) is 5.11 Å². The van der Waals surface area contributed by atoms with E-state index in [4.69, 9.17) is 29.2 Å². The maximum absolute atomic E-state index is 10.9. The molecular formula is C20H21N3O6. The predicted molar refractivity (Wildman–Crippen MR) is 101 cm³/mol. The summed E-state index contributed by atoms with van der Waals surface area (Å²) in [4.78, 5) is 2.84. The van der Waals surface area contributed by atoms with Gasteiger partial charge in [-0.15, -0.1) is 0 Å². The lowest BCUT2D eigenvalue weighted by molar-refractivity contribution is -0.331. The van der Waals surface area contributed by atoms with Crippen LogP contribution >= 0.6 is 0 Å². The third kappa shape index (κ3) is 4.14. The van der Waals surface area contributed by atoms with Crippen molar-refractivity contribution in [3.63, 3.8) is 0 Å². The van der Waals surface area contributed by atoms with Crippen molar-refractivity contribution in [2.45, 2.75) is 36.9 Å². The van der Waals surface area contributed by atoms with Gasteiger partial charge in [0.15, 0.2) is 6.29 Å². The fourth-order valence-electron chi connectivity index (χ4n) is 3.43. The van der Waals surface area contributed by atoms with Gasteiger partial charge >= 0.3 is 0 Å². The number of aliphatic hydroxyl groups is 1. The Labute approximate surface area is 167 Å². The molecule has 2 aromatic carbocycles. The molecule has 0 aromatic heterocycles. The van der Waals surface area contributed by atoms with E-state index in [0.29, 0.717) is 11.5 Å². The Kier molecular flexibility index (Phi) is 5.84. The number of fused-ring (bicyclic) bond motifs is 1. The highest BCUT2D eigenvalue weighted by Crippen LogP contribution is 2.35. The topological polar surface area (TPSA) is 115 Å². The molecular weight excluding hydrogens is 378 g/mol. The molecule has 152 valence electrons. The lowest BCUT2D eigenvalue weighted by Crippen LogP contribution is -2.62. The highest BCUT2D eigenvalue weighted by molar-refractivity contribution is 5.31. The molecule has 9 nitrogen and oxygen atoms in total. The summed E-state index contributed by atoms with van der Waals surface area (Å²) in [6.07, 6.45) is -4.04. The molecule has 4 rings (SSSR count). The van der Waals surface area contributed by atoms with E-state index in [1.165, 1.54) is 0 Å². The van der Waals surface area contributed by atoms with E-state index in [2.05, 4.69) is 10.0 Å². The number of nitrogens with zero attached hydrogens (tertiary/aromatic N) is 3. The zero-order valence-electron chi connectivity index (χ0n) is 15.7. The minimum absolute atomic E-state index is 0.201. The summed E-state index contributed by atoms with van der Waals surface area (Å²) < 4.78 is 28.6. The molecule has 2 heterocycles. The third-order valence-electron chi connectivity index (χ3n) is 4.90. The number of hydrogen-bond acceptors (Lipinski definition) is 7. The van der Waals surface area contributed by atoms with Gasteiger partial charge in [0.1, 0.15) is 29.7 Å².